The molecule has 4 atom stereocenters. The zero-order valence-corrected chi connectivity index (χ0v) is 30.9. The van der Waals surface area contributed by atoms with Crippen LogP contribution in [0.5, 0.6) is 5.75 Å². The molecule has 270 valence electrons. The van der Waals surface area contributed by atoms with Crippen LogP contribution in [-0.4, -0.2) is 77.8 Å². The topological polar surface area (TPSA) is 123 Å². The lowest BCUT2D eigenvalue weighted by molar-refractivity contribution is 0.171. The first kappa shape index (κ1) is 34.5. The van der Waals surface area contributed by atoms with Crippen molar-refractivity contribution in [1.29, 1.82) is 0 Å². The van der Waals surface area contributed by atoms with Crippen molar-refractivity contribution < 1.29 is 9.53 Å². The predicted octanol–water partition coefficient (Wildman–Crippen LogP) is 6.51. The lowest BCUT2D eigenvalue weighted by Crippen LogP contribution is -2.44. The van der Waals surface area contributed by atoms with Gasteiger partial charge < -0.3 is 19.9 Å². The van der Waals surface area contributed by atoms with Crippen LogP contribution in [-0.2, 0) is 12.0 Å². The Balaban J connectivity index is 1.08. The number of carbonyl (C=O) groups excluding carboxylic acids is 1. The summed E-state index contributed by atoms with van der Waals surface area (Å²) in [7, 11) is 4.08. The fraction of sp³-hybridized carbons (Fsp3) is 0.500. The average molecular weight is 694 g/mol. The number of amides is 2. The number of nitrogens with zero attached hydrogens (tertiary/aromatic N) is 9. The van der Waals surface area contributed by atoms with E-state index in [2.05, 4.69) is 86.9 Å². The molecular formula is C38H51N11O2. The third-order valence-electron chi connectivity index (χ3n) is 10.2. The van der Waals surface area contributed by atoms with Gasteiger partial charge in [0.1, 0.15) is 23.4 Å². The number of anilines is 2. The monoisotopic (exact) mass is 693 g/mol. The molecule has 13 nitrogen and oxygen atoms in total. The summed E-state index contributed by atoms with van der Waals surface area (Å²) < 4.78 is 12.4. The Bertz CT molecular complexity index is 1980. The molecule has 51 heavy (non-hydrogen) atoms. The molecule has 2 aliphatic rings. The van der Waals surface area contributed by atoms with Gasteiger partial charge in [-0.25, -0.2) is 9.48 Å². The first-order valence-electron chi connectivity index (χ1n) is 18.2. The minimum atomic E-state index is -0.289. The molecule has 0 bridgehead atoms. The summed E-state index contributed by atoms with van der Waals surface area (Å²) in [5.41, 5.74) is 4.38. The average Bonchev–Trinajstić information content (AvgIpc) is 3.84. The molecule has 5 heterocycles. The molecule has 0 saturated carbocycles. The minimum absolute atomic E-state index is 0.160. The maximum absolute atomic E-state index is 13.7. The lowest BCUT2D eigenvalue weighted by Gasteiger charge is -2.39. The van der Waals surface area contributed by atoms with E-state index in [4.69, 9.17) is 9.84 Å². The van der Waals surface area contributed by atoms with E-state index in [9.17, 15) is 4.79 Å². The Hall–Kier alpha value is -4.91. The second-order valence-electron chi connectivity index (χ2n) is 15.4. The number of ether oxygens (including phenoxy) is 1. The summed E-state index contributed by atoms with van der Waals surface area (Å²) in [6.45, 7) is 12.5. The molecule has 1 aliphatic heterocycles. The highest BCUT2D eigenvalue weighted by Gasteiger charge is 2.31. The Morgan fingerprint density at radius 2 is 1.75 bits per heavy atom. The van der Waals surface area contributed by atoms with Crippen molar-refractivity contribution in [3.8, 4) is 11.4 Å². The van der Waals surface area contributed by atoms with Crippen molar-refractivity contribution in [2.24, 2.45) is 0 Å². The summed E-state index contributed by atoms with van der Waals surface area (Å²) in [6.07, 6.45) is 10.6. The van der Waals surface area contributed by atoms with Crippen LogP contribution in [0.15, 0.2) is 61.1 Å². The van der Waals surface area contributed by atoms with Crippen LogP contribution in [0.1, 0.15) is 95.7 Å². The maximum atomic E-state index is 13.7. The molecule has 1 saturated heterocycles. The second-order valence-corrected chi connectivity index (χ2v) is 15.4. The smallest absolute Gasteiger partial charge is 0.320 e. The molecule has 4 aromatic heterocycles. The van der Waals surface area contributed by atoms with Gasteiger partial charge in [0, 0.05) is 30.1 Å². The highest BCUT2D eigenvalue weighted by molar-refractivity contribution is 5.89. The van der Waals surface area contributed by atoms with E-state index in [0.717, 1.165) is 78.6 Å². The van der Waals surface area contributed by atoms with Crippen LogP contribution in [0.3, 0.4) is 0 Å². The summed E-state index contributed by atoms with van der Waals surface area (Å²) in [6, 6.07) is 14.4. The summed E-state index contributed by atoms with van der Waals surface area (Å²) in [4.78, 5) is 18.2. The number of hydrogen-bond donors (Lipinski definition) is 2. The minimum Gasteiger partial charge on any atom is -0.484 e. The Kier molecular flexibility index (Phi) is 9.49. The summed E-state index contributed by atoms with van der Waals surface area (Å²) in [5, 5.41) is 24.8. The number of nitrogens with one attached hydrogen (secondary N) is 2. The molecule has 0 unspecified atom stereocenters. The summed E-state index contributed by atoms with van der Waals surface area (Å²) in [5.74, 6) is 2.22. The molecule has 13 heteroatoms. The number of hydrogen-bond acceptors (Lipinski definition) is 8. The van der Waals surface area contributed by atoms with E-state index in [1.807, 2.05) is 61.5 Å². The van der Waals surface area contributed by atoms with Crippen molar-refractivity contribution in [3.05, 3.63) is 77.9 Å². The number of urea groups is 1. The van der Waals surface area contributed by atoms with E-state index in [-0.39, 0.29) is 23.6 Å². The zero-order chi connectivity index (χ0) is 35.9. The third kappa shape index (κ3) is 7.30. The first-order chi connectivity index (χ1) is 24.4. The van der Waals surface area contributed by atoms with Gasteiger partial charge in [0.05, 0.1) is 36.9 Å². The number of carbonyl (C=O) groups is 1. The van der Waals surface area contributed by atoms with Crippen LogP contribution in [0.2, 0.25) is 0 Å². The molecule has 5 aromatic rings. The third-order valence-corrected chi connectivity index (χ3v) is 10.2. The Labute approximate surface area is 300 Å². The SMILES string of the molecule is C[C@@H]1CCC[C@H](C)N1c1nnc2ccc(O[C@@H]3CC[C@H](NC(=O)Nc4cc(C(C)(C)C)nn4-c4cnn(CCN(C)C)c4)c4ccccc43)cn12. The zero-order valence-electron chi connectivity index (χ0n) is 30.9. The van der Waals surface area contributed by atoms with Gasteiger partial charge >= 0.3 is 6.03 Å². The van der Waals surface area contributed by atoms with Gasteiger partial charge in [-0.05, 0) is 83.3 Å². The lowest BCUT2D eigenvalue weighted by atomic mass is 9.85. The number of likely N-dealkylation sites (N-methyl/N-ethyl adjacent to an activating group) is 1. The number of fused-ring (bicyclic) bond motifs is 2. The van der Waals surface area contributed by atoms with Crippen molar-refractivity contribution in [2.75, 3.05) is 30.9 Å². The van der Waals surface area contributed by atoms with Crippen molar-refractivity contribution in [1.82, 2.24) is 44.4 Å². The normalized spacial score (nSPS) is 20.8. The van der Waals surface area contributed by atoms with Crippen LogP contribution >= 0.6 is 0 Å². The van der Waals surface area contributed by atoms with Crippen LogP contribution in [0.25, 0.3) is 11.3 Å². The Morgan fingerprint density at radius 1 is 0.980 bits per heavy atom. The van der Waals surface area contributed by atoms with Gasteiger partial charge in [-0.2, -0.15) is 10.2 Å². The van der Waals surface area contributed by atoms with E-state index >= 15 is 0 Å². The van der Waals surface area contributed by atoms with Gasteiger partial charge in [-0.15, -0.1) is 10.2 Å². The second kappa shape index (κ2) is 14.0. The Morgan fingerprint density at radius 3 is 2.49 bits per heavy atom. The highest BCUT2D eigenvalue weighted by Crippen LogP contribution is 2.39. The quantitative estimate of drug-likeness (QED) is 0.179. The van der Waals surface area contributed by atoms with E-state index in [1.165, 1.54) is 6.42 Å². The largest absolute Gasteiger partial charge is 0.484 e. The fourth-order valence-electron chi connectivity index (χ4n) is 7.34. The van der Waals surface area contributed by atoms with Crippen LogP contribution in [0, 0.1) is 0 Å². The number of rotatable bonds is 9. The first-order valence-corrected chi connectivity index (χ1v) is 18.2. The highest BCUT2D eigenvalue weighted by atomic mass is 16.5. The molecule has 1 aromatic carbocycles. The van der Waals surface area contributed by atoms with E-state index < -0.39 is 0 Å². The number of piperidine rings is 1. The molecular weight excluding hydrogens is 642 g/mol. The standard InChI is InChI=1S/C38H51N11O2/c1-25-11-10-12-26(2)48(25)37-43-42-34-18-15-28(24-47(34)37)51-32-17-16-31(29-13-8-9-14-30(29)32)40-36(50)41-35-21-33(38(3,4)5)44-49(35)27-22-39-46(23-27)20-19-45(6)7/h8-9,13-15,18,21-26,31-32H,10-12,16-17,19-20H2,1-7H3,(H2,40,41,50)/t25-,26+,31-,32+/m0/s1. The molecule has 0 spiro atoms. The molecule has 1 fully saturated rings. The van der Waals surface area contributed by atoms with E-state index in [0.29, 0.717) is 17.9 Å². The molecule has 1 aliphatic carbocycles. The number of pyridine rings is 1. The van der Waals surface area contributed by atoms with Gasteiger partial charge in [0.15, 0.2) is 5.65 Å². The molecule has 0 radical (unpaired) electrons. The molecule has 2 N–H and O–H groups in total. The molecule has 2 amide bonds. The summed E-state index contributed by atoms with van der Waals surface area (Å²) >= 11 is 0. The number of benzene rings is 1. The van der Waals surface area contributed by atoms with Gasteiger partial charge in [0.25, 0.3) is 0 Å². The maximum Gasteiger partial charge on any atom is 0.320 e. The van der Waals surface area contributed by atoms with E-state index in [1.54, 1.807) is 10.9 Å². The van der Waals surface area contributed by atoms with Gasteiger partial charge in [-0.3, -0.25) is 14.4 Å². The molecule has 7 rings (SSSR count). The van der Waals surface area contributed by atoms with Crippen LogP contribution in [0.4, 0.5) is 16.6 Å². The fourth-order valence-corrected chi connectivity index (χ4v) is 7.34. The predicted molar refractivity (Wildman–Crippen MR) is 199 cm³/mol. The van der Waals surface area contributed by atoms with Gasteiger partial charge in [0.2, 0.25) is 5.95 Å². The van der Waals surface area contributed by atoms with Gasteiger partial charge in [-0.1, -0.05) is 45.0 Å². The van der Waals surface area contributed by atoms with Crippen molar-refractivity contribution in [2.45, 2.75) is 103 Å². The van der Waals surface area contributed by atoms with Crippen molar-refractivity contribution in [3.63, 3.8) is 0 Å². The van der Waals surface area contributed by atoms with Crippen molar-refractivity contribution >= 4 is 23.4 Å². The number of aromatic nitrogens is 7. The van der Waals surface area contributed by atoms with Crippen LogP contribution < -0.4 is 20.3 Å².